The van der Waals surface area contributed by atoms with Gasteiger partial charge in [-0.15, -0.1) is 11.3 Å². The number of nitrogens with one attached hydrogen (secondary N) is 1. The molecule has 0 aliphatic rings. The van der Waals surface area contributed by atoms with Crippen molar-refractivity contribution in [1.82, 2.24) is 10.3 Å². The summed E-state index contributed by atoms with van der Waals surface area (Å²) in [5.74, 6) is 0.844. The summed E-state index contributed by atoms with van der Waals surface area (Å²) in [6.07, 6.45) is 0.580. The van der Waals surface area contributed by atoms with Crippen molar-refractivity contribution < 1.29 is 19.2 Å². The number of methoxy groups -OCH3 is 2. The lowest BCUT2D eigenvalue weighted by atomic mass is 10.1. The zero-order valence-electron chi connectivity index (χ0n) is 15.9. The molecule has 0 aliphatic heterocycles. The number of aromatic nitrogens is 1. The third-order valence-corrected chi connectivity index (χ3v) is 5.10. The second kappa shape index (κ2) is 9.16. The molecule has 0 saturated carbocycles. The number of carbonyl (C=O) groups is 1. The number of nitro groups is 1. The zero-order valence-corrected chi connectivity index (χ0v) is 16.7. The molecule has 2 aromatic carbocycles. The van der Waals surface area contributed by atoms with E-state index in [1.807, 2.05) is 5.38 Å². The summed E-state index contributed by atoms with van der Waals surface area (Å²) in [7, 11) is 3.06. The van der Waals surface area contributed by atoms with Gasteiger partial charge in [0.25, 0.3) is 11.6 Å². The van der Waals surface area contributed by atoms with Crippen molar-refractivity contribution >= 4 is 22.9 Å². The molecule has 0 radical (unpaired) electrons. The highest BCUT2D eigenvalue weighted by molar-refractivity contribution is 7.09. The van der Waals surface area contributed by atoms with Gasteiger partial charge >= 0.3 is 0 Å². The molecule has 3 rings (SSSR count). The van der Waals surface area contributed by atoms with Gasteiger partial charge < -0.3 is 14.8 Å². The van der Waals surface area contributed by atoms with Gasteiger partial charge in [-0.1, -0.05) is 0 Å². The molecular formula is C20H19N3O5S. The van der Waals surface area contributed by atoms with Gasteiger partial charge in [-0.3, -0.25) is 14.9 Å². The standard InChI is InChI=1S/C20H19N3O5S/c1-27-17-8-5-14(11-18(17)28-2)20(24)21-10-9-19-22-16(12-29-19)13-3-6-15(7-4-13)23(25)26/h3-8,11-12H,9-10H2,1-2H3,(H,21,24). The molecule has 0 bridgehead atoms. The van der Waals surface area contributed by atoms with Crippen LogP contribution in [-0.4, -0.2) is 36.6 Å². The Kier molecular flexibility index (Phi) is 6.40. The van der Waals surface area contributed by atoms with Crippen LogP contribution < -0.4 is 14.8 Å². The number of benzene rings is 2. The van der Waals surface area contributed by atoms with Gasteiger partial charge in [0.1, 0.15) is 0 Å². The molecule has 29 heavy (non-hydrogen) atoms. The number of nitrogens with zero attached hydrogens (tertiary/aromatic N) is 2. The van der Waals surface area contributed by atoms with Crippen molar-refractivity contribution in [1.29, 1.82) is 0 Å². The van der Waals surface area contributed by atoms with Gasteiger partial charge in [-0.2, -0.15) is 0 Å². The Bertz CT molecular complexity index is 1020. The van der Waals surface area contributed by atoms with Crippen LogP contribution >= 0.6 is 11.3 Å². The molecule has 8 nitrogen and oxygen atoms in total. The van der Waals surface area contributed by atoms with E-state index in [-0.39, 0.29) is 11.6 Å². The van der Waals surface area contributed by atoms with Crippen LogP contribution in [0.3, 0.4) is 0 Å². The summed E-state index contributed by atoms with van der Waals surface area (Å²) in [5.41, 5.74) is 2.09. The van der Waals surface area contributed by atoms with E-state index in [1.165, 1.54) is 37.7 Å². The maximum Gasteiger partial charge on any atom is 0.269 e. The van der Waals surface area contributed by atoms with Gasteiger partial charge in [0.2, 0.25) is 0 Å². The fourth-order valence-electron chi connectivity index (χ4n) is 2.67. The lowest BCUT2D eigenvalue weighted by Crippen LogP contribution is -2.25. The zero-order chi connectivity index (χ0) is 20.8. The first-order valence-corrected chi connectivity index (χ1v) is 9.59. The molecule has 0 fully saturated rings. The maximum atomic E-state index is 12.3. The predicted octanol–water partition coefficient (Wildman–Crippen LogP) is 3.71. The molecule has 1 heterocycles. The number of nitro benzene ring substituents is 1. The van der Waals surface area contributed by atoms with E-state index in [0.29, 0.717) is 30.0 Å². The molecule has 0 aliphatic carbocycles. The second-order valence-corrected chi connectivity index (χ2v) is 6.95. The molecule has 0 saturated heterocycles. The minimum absolute atomic E-state index is 0.0436. The number of non-ortho nitro benzene ring substituents is 1. The second-order valence-electron chi connectivity index (χ2n) is 6.01. The maximum absolute atomic E-state index is 12.3. The van der Waals surface area contributed by atoms with Crippen LogP contribution in [0, 0.1) is 10.1 Å². The summed E-state index contributed by atoms with van der Waals surface area (Å²) < 4.78 is 10.4. The van der Waals surface area contributed by atoms with Gasteiger partial charge in [-0.05, 0) is 30.3 Å². The molecule has 9 heteroatoms. The molecule has 0 spiro atoms. The molecule has 0 unspecified atom stereocenters. The van der Waals surface area contributed by atoms with Crippen LogP contribution in [0.2, 0.25) is 0 Å². The molecule has 0 atom stereocenters. The van der Waals surface area contributed by atoms with Gasteiger partial charge in [0.05, 0.1) is 29.8 Å². The highest BCUT2D eigenvalue weighted by Crippen LogP contribution is 2.27. The lowest BCUT2D eigenvalue weighted by molar-refractivity contribution is -0.384. The smallest absolute Gasteiger partial charge is 0.269 e. The minimum Gasteiger partial charge on any atom is -0.493 e. The normalized spacial score (nSPS) is 10.4. The average molecular weight is 413 g/mol. The van der Waals surface area contributed by atoms with E-state index in [9.17, 15) is 14.9 Å². The van der Waals surface area contributed by atoms with Crippen LogP contribution in [-0.2, 0) is 6.42 Å². The van der Waals surface area contributed by atoms with Gasteiger partial charge in [-0.25, -0.2) is 4.98 Å². The fourth-order valence-corrected chi connectivity index (χ4v) is 3.48. The third kappa shape index (κ3) is 4.88. The summed E-state index contributed by atoms with van der Waals surface area (Å²) in [4.78, 5) is 27.2. The number of ether oxygens (including phenoxy) is 2. The van der Waals surface area contributed by atoms with Gasteiger partial charge in [0.15, 0.2) is 11.5 Å². The Balaban J connectivity index is 1.57. The third-order valence-electron chi connectivity index (χ3n) is 4.20. The van der Waals surface area contributed by atoms with Crippen LogP contribution in [0.1, 0.15) is 15.4 Å². The Morgan fingerprint density at radius 1 is 1.14 bits per heavy atom. The predicted molar refractivity (Wildman–Crippen MR) is 110 cm³/mol. The van der Waals surface area contributed by atoms with Crippen LogP contribution in [0.25, 0.3) is 11.3 Å². The summed E-state index contributed by atoms with van der Waals surface area (Å²) in [6, 6.07) is 11.3. The first kappa shape index (κ1) is 20.3. The van der Waals surface area contributed by atoms with E-state index >= 15 is 0 Å². The Morgan fingerprint density at radius 3 is 2.52 bits per heavy atom. The largest absolute Gasteiger partial charge is 0.493 e. The summed E-state index contributed by atoms with van der Waals surface area (Å²) >= 11 is 1.48. The number of rotatable bonds is 8. The van der Waals surface area contributed by atoms with E-state index in [4.69, 9.17) is 9.47 Å². The molecule has 1 aromatic heterocycles. The Labute approximate surface area is 171 Å². The van der Waals surface area contributed by atoms with Crippen molar-refractivity contribution in [3.05, 3.63) is 68.5 Å². The first-order chi connectivity index (χ1) is 14.0. The quantitative estimate of drug-likeness (QED) is 0.446. The Morgan fingerprint density at radius 2 is 1.86 bits per heavy atom. The topological polar surface area (TPSA) is 104 Å². The fraction of sp³-hybridized carbons (Fsp3) is 0.200. The number of carbonyl (C=O) groups excluding carboxylic acids is 1. The van der Waals surface area contributed by atoms with Crippen molar-refractivity contribution in [2.45, 2.75) is 6.42 Å². The molecule has 1 N–H and O–H groups in total. The van der Waals surface area contributed by atoms with Crippen molar-refractivity contribution in [3.8, 4) is 22.8 Å². The van der Waals surface area contributed by atoms with Crippen molar-refractivity contribution in [2.75, 3.05) is 20.8 Å². The van der Waals surface area contributed by atoms with Crippen LogP contribution in [0.4, 0.5) is 5.69 Å². The lowest BCUT2D eigenvalue weighted by Gasteiger charge is -2.09. The van der Waals surface area contributed by atoms with E-state index in [2.05, 4.69) is 10.3 Å². The van der Waals surface area contributed by atoms with Crippen molar-refractivity contribution in [2.24, 2.45) is 0 Å². The number of thiazole rings is 1. The molecular weight excluding hydrogens is 394 g/mol. The van der Waals surface area contributed by atoms with E-state index < -0.39 is 4.92 Å². The van der Waals surface area contributed by atoms with E-state index in [1.54, 1.807) is 30.3 Å². The molecule has 1 amide bonds. The highest BCUT2D eigenvalue weighted by Gasteiger charge is 2.12. The SMILES string of the molecule is COc1ccc(C(=O)NCCc2nc(-c3ccc([N+](=O)[O-])cc3)cs2)cc1OC. The highest BCUT2D eigenvalue weighted by atomic mass is 32.1. The Hall–Kier alpha value is -3.46. The summed E-state index contributed by atoms with van der Waals surface area (Å²) in [6.45, 7) is 0.431. The number of hydrogen-bond donors (Lipinski definition) is 1. The van der Waals surface area contributed by atoms with E-state index in [0.717, 1.165) is 16.3 Å². The van der Waals surface area contributed by atoms with Gasteiger partial charge in [0, 0.05) is 41.6 Å². The van der Waals surface area contributed by atoms with Crippen molar-refractivity contribution in [3.63, 3.8) is 0 Å². The first-order valence-electron chi connectivity index (χ1n) is 8.71. The minimum atomic E-state index is -0.433. The number of hydrogen-bond acceptors (Lipinski definition) is 7. The molecule has 3 aromatic rings. The molecule has 150 valence electrons. The van der Waals surface area contributed by atoms with Crippen LogP contribution in [0.5, 0.6) is 11.5 Å². The number of amides is 1. The average Bonchev–Trinajstić information content (AvgIpc) is 3.22. The van der Waals surface area contributed by atoms with Crippen LogP contribution in [0.15, 0.2) is 47.8 Å². The monoisotopic (exact) mass is 413 g/mol. The summed E-state index contributed by atoms with van der Waals surface area (Å²) in [5, 5.41) is 16.4.